The lowest BCUT2D eigenvalue weighted by Gasteiger charge is -2.28. The van der Waals surface area contributed by atoms with E-state index in [1.54, 1.807) is 20.8 Å². The number of rotatable bonds is 3. The van der Waals surface area contributed by atoms with Crippen molar-refractivity contribution in [3.05, 3.63) is 39.8 Å². The monoisotopic (exact) mass is 371 g/mol. The van der Waals surface area contributed by atoms with Crippen molar-refractivity contribution in [1.29, 1.82) is 0 Å². The van der Waals surface area contributed by atoms with Gasteiger partial charge in [0.15, 0.2) is 0 Å². The zero-order valence-electron chi connectivity index (χ0n) is 15.9. The van der Waals surface area contributed by atoms with E-state index in [0.29, 0.717) is 0 Å². The molecular formula is C19H25N5O3. The third kappa shape index (κ3) is 4.52. The van der Waals surface area contributed by atoms with E-state index in [0.717, 1.165) is 24.9 Å². The average molecular weight is 371 g/mol. The number of nitrogens with one attached hydrogen (secondary N) is 1. The number of carbonyl (C=O) groups excluding carboxylic acids is 2. The highest BCUT2D eigenvalue weighted by Crippen LogP contribution is 2.27. The Morgan fingerprint density at radius 3 is 2.74 bits per heavy atom. The van der Waals surface area contributed by atoms with Crippen LogP contribution in [-0.4, -0.2) is 41.1 Å². The van der Waals surface area contributed by atoms with Gasteiger partial charge in [0.2, 0.25) is 5.91 Å². The van der Waals surface area contributed by atoms with Gasteiger partial charge in [-0.2, -0.15) is 0 Å². The molecule has 0 spiro atoms. The van der Waals surface area contributed by atoms with Gasteiger partial charge in [-0.05, 0) is 75.2 Å². The molecule has 1 aromatic carbocycles. The molecule has 8 nitrogen and oxygen atoms in total. The van der Waals surface area contributed by atoms with Crippen LogP contribution in [-0.2, 0) is 22.4 Å². The molecule has 1 unspecified atom stereocenters. The van der Waals surface area contributed by atoms with Crippen LogP contribution in [0.4, 0.5) is 10.5 Å². The average Bonchev–Trinajstić information content (AvgIpc) is 3.19. The number of carbonyl (C=O) groups is 2. The minimum Gasteiger partial charge on any atom is -0.444 e. The number of hydrogen-bond donors (Lipinski definition) is 1. The van der Waals surface area contributed by atoms with E-state index >= 15 is 0 Å². The molecular weight excluding hydrogens is 346 g/mol. The summed E-state index contributed by atoms with van der Waals surface area (Å²) in [6.07, 6.45) is 2.93. The molecule has 1 aromatic rings. The summed E-state index contributed by atoms with van der Waals surface area (Å²) in [6.45, 7) is 5.48. The predicted molar refractivity (Wildman–Crippen MR) is 101 cm³/mol. The molecule has 3 rings (SSSR count). The second-order valence-electron chi connectivity index (χ2n) is 8.07. The third-order valence-corrected chi connectivity index (χ3v) is 4.79. The van der Waals surface area contributed by atoms with Crippen LogP contribution in [0.25, 0.3) is 10.4 Å². The highest BCUT2D eigenvalue weighted by atomic mass is 16.6. The van der Waals surface area contributed by atoms with Crippen molar-refractivity contribution in [2.75, 3.05) is 11.9 Å². The molecule has 1 fully saturated rings. The van der Waals surface area contributed by atoms with Crippen molar-refractivity contribution in [1.82, 2.24) is 4.90 Å². The van der Waals surface area contributed by atoms with Gasteiger partial charge in [-0.15, -0.1) is 0 Å². The van der Waals surface area contributed by atoms with Crippen LogP contribution in [0.15, 0.2) is 23.3 Å². The van der Waals surface area contributed by atoms with Crippen molar-refractivity contribution in [2.24, 2.45) is 5.11 Å². The van der Waals surface area contributed by atoms with Crippen LogP contribution in [0.2, 0.25) is 0 Å². The Bertz CT molecular complexity index is 795. The first kappa shape index (κ1) is 19.0. The molecule has 27 heavy (non-hydrogen) atoms. The number of fused-ring (bicyclic) bond motifs is 1. The molecule has 1 aliphatic carbocycles. The molecule has 2 aliphatic rings. The van der Waals surface area contributed by atoms with Gasteiger partial charge in [-0.25, -0.2) is 4.79 Å². The molecule has 0 saturated carbocycles. The van der Waals surface area contributed by atoms with Crippen LogP contribution >= 0.6 is 0 Å². The summed E-state index contributed by atoms with van der Waals surface area (Å²) in [7, 11) is 0. The number of benzene rings is 1. The summed E-state index contributed by atoms with van der Waals surface area (Å²) in [4.78, 5) is 29.5. The van der Waals surface area contributed by atoms with E-state index in [1.807, 2.05) is 18.2 Å². The smallest absolute Gasteiger partial charge is 0.410 e. The zero-order valence-corrected chi connectivity index (χ0v) is 15.9. The lowest BCUT2D eigenvalue weighted by atomic mass is 10.1. The Morgan fingerprint density at radius 2 is 2.04 bits per heavy atom. The lowest BCUT2D eigenvalue weighted by molar-refractivity contribution is -0.120. The molecule has 2 amide bonds. The van der Waals surface area contributed by atoms with Gasteiger partial charge in [0.1, 0.15) is 11.6 Å². The van der Waals surface area contributed by atoms with E-state index in [9.17, 15) is 9.59 Å². The van der Waals surface area contributed by atoms with Gasteiger partial charge in [0.05, 0.1) is 6.04 Å². The van der Waals surface area contributed by atoms with Gasteiger partial charge >= 0.3 is 6.09 Å². The fourth-order valence-corrected chi connectivity index (χ4v) is 3.62. The van der Waals surface area contributed by atoms with Gasteiger partial charge in [-0.1, -0.05) is 11.2 Å². The number of amides is 2. The molecule has 144 valence electrons. The number of anilines is 1. The van der Waals surface area contributed by atoms with Crippen LogP contribution < -0.4 is 5.32 Å². The van der Waals surface area contributed by atoms with Crippen molar-refractivity contribution in [3.63, 3.8) is 0 Å². The number of azide groups is 1. The number of aryl methyl sites for hydroxylation is 2. The standard InChI is InChI=1S/C19H25N5O3/c1-19(2,3)27-18(26)24-11-15(22-23-20)10-16(24)17(25)21-14-8-7-12-5-4-6-13(12)9-14/h7-9,15-16H,4-6,10-11H2,1-3H3,(H,21,25)/t15?,16-/m0/s1. The molecule has 1 saturated heterocycles. The lowest BCUT2D eigenvalue weighted by Crippen LogP contribution is -2.45. The SMILES string of the molecule is CC(C)(C)OC(=O)N1CC(N=[N+]=[N-])C[C@H]1C(=O)Nc1ccc2c(c1)CCC2. The maximum absolute atomic E-state index is 12.8. The second-order valence-corrected chi connectivity index (χ2v) is 8.07. The fraction of sp³-hybridized carbons (Fsp3) is 0.579. The predicted octanol–water partition coefficient (Wildman–Crippen LogP) is 3.80. The largest absolute Gasteiger partial charge is 0.444 e. The molecule has 1 heterocycles. The summed E-state index contributed by atoms with van der Waals surface area (Å²) in [5.41, 5.74) is 11.3. The van der Waals surface area contributed by atoms with Crippen LogP contribution in [0.3, 0.4) is 0 Å². The number of hydrogen-bond acceptors (Lipinski definition) is 4. The second kappa shape index (κ2) is 7.48. The van der Waals surface area contributed by atoms with Gasteiger partial charge in [0.25, 0.3) is 0 Å². The first-order valence-corrected chi connectivity index (χ1v) is 9.23. The number of likely N-dealkylation sites (tertiary alicyclic amines) is 1. The van der Waals surface area contributed by atoms with E-state index in [1.165, 1.54) is 16.0 Å². The van der Waals surface area contributed by atoms with E-state index in [4.69, 9.17) is 10.3 Å². The Labute approximate surface area is 158 Å². The van der Waals surface area contributed by atoms with Gasteiger partial charge in [0, 0.05) is 17.1 Å². The van der Waals surface area contributed by atoms with Crippen LogP contribution in [0, 0.1) is 0 Å². The quantitative estimate of drug-likeness (QED) is 0.496. The Kier molecular flexibility index (Phi) is 5.28. The van der Waals surface area contributed by atoms with E-state index < -0.39 is 23.8 Å². The van der Waals surface area contributed by atoms with Crippen molar-refractivity contribution < 1.29 is 14.3 Å². The normalized spacial score (nSPS) is 21.4. The minimum atomic E-state index is -0.733. The summed E-state index contributed by atoms with van der Waals surface area (Å²) in [5, 5.41) is 6.59. The molecule has 2 atom stereocenters. The summed E-state index contributed by atoms with van der Waals surface area (Å²) < 4.78 is 5.41. The van der Waals surface area contributed by atoms with Crippen LogP contribution in [0.1, 0.15) is 44.7 Å². The first-order valence-electron chi connectivity index (χ1n) is 9.23. The van der Waals surface area contributed by atoms with E-state index in [2.05, 4.69) is 15.3 Å². The molecule has 0 bridgehead atoms. The maximum Gasteiger partial charge on any atom is 0.410 e. The van der Waals surface area contributed by atoms with Crippen molar-refractivity contribution >= 4 is 17.7 Å². The summed E-state index contributed by atoms with van der Waals surface area (Å²) in [5.74, 6) is -0.297. The molecule has 1 N–H and O–H groups in total. The first-order chi connectivity index (χ1) is 12.8. The molecule has 0 radical (unpaired) electrons. The highest BCUT2D eigenvalue weighted by molar-refractivity contribution is 5.97. The van der Waals surface area contributed by atoms with Crippen LogP contribution in [0.5, 0.6) is 0 Å². The Balaban J connectivity index is 1.75. The number of nitrogens with zero attached hydrogens (tertiary/aromatic N) is 4. The topological polar surface area (TPSA) is 107 Å². The summed E-state index contributed by atoms with van der Waals surface area (Å²) in [6, 6.07) is 4.75. The number of ether oxygens (including phenoxy) is 1. The van der Waals surface area contributed by atoms with Gasteiger partial charge < -0.3 is 10.1 Å². The molecule has 0 aromatic heterocycles. The maximum atomic E-state index is 12.8. The molecule has 1 aliphatic heterocycles. The Morgan fingerprint density at radius 1 is 1.30 bits per heavy atom. The fourth-order valence-electron chi connectivity index (χ4n) is 3.62. The highest BCUT2D eigenvalue weighted by Gasteiger charge is 2.41. The van der Waals surface area contributed by atoms with E-state index in [-0.39, 0.29) is 18.9 Å². The minimum absolute atomic E-state index is 0.168. The zero-order chi connectivity index (χ0) is 19.6. The van der Waals surface area contributed by atoms with Gasteiger partial charge in [-0.3, -0.25) is 9.69 Å². The molecule has 8 heteroatoms. The summed E-state index contributed by atoms with van der Waals surface area (Å²) >= 11 is 0. The third-order valence-electron chi connectivity index (χ3n) is 4.79. The van der Waals surface area contributed by atoms with Crippen molar-refractivity contribution in [3.8, 4) is 0 Å². The Hall–Kier alpha value is -2.73. The van der Waals surface area contributed by atoms with Crippen molar-refractivity contribution in [2.45, 2.75) is 64.1 Å².